The quantitative estimate of drug-likeness (QED) is 0.775. The molecule has 0 spiro atoms. The molecule has 0 bridgehead atoms. The van der Waals surface area contributed by atoms with Crippen LogP contribution in [0, 0.1) is 6.92 Å². The molecule has 0 radical (unpaired) electrons. The molecule has 5 rings (SSSR count). The summed E-state index contributed by atoms with van der Waals surface area (Å²) >= 11 is 0. The zero-order valence-electron chi connectivity index (χ0n) is 14.6. The Bertz CT molecular complexity index is 932. The van der Waals surface area contributed by atoms with Crippen LogP contribution < -0.4 is 5.32 Å². The molecule has 2 aliphatic carbocycles. The van der Waals surface area contributed by atoms with Crippen molar-refractivity contribution in [2.75, 3.05) is 5.32 Å². The van der Waals surface area contributed by atoms with Gasteiger partial charge >= 0.3 is 0 Å². The van der Waals surface area contributed by atoms with Gasteiger partial charge in [-0.15, -0.1) is 10.2 Å². The van der Waals surface area contributed by atoms with E-state index in [0.717, 1.165) is 55.2 Å². The van der Waals surface area contributed by atoms with Crippen molar-refractivity contribution in [3.8, 4) is 11.4 Å². The Hall–Kier alpha value is -2.83. The molecule has 2 aliphatic rings. The molecular formula is C19H20N6O. The fourth-order valence-corrected chi connectivity index (χ4v) is 3.78. The van der Waals surface area contributed by atoms with Crippen LogP contribution in [0.4, 0.5) is 5.82 Å². The van der Waals surface area contributed by atoms with Crippen molar-refractivity contribution in [1.29, 1.82) is 0 Å². The molecule has 3 heterocycles. The van der Waals surface area contributed by atoms with Crippen LogP contribution in [0.5, 0.6) is 0 Å². The second kappa shape index (κ2) is 6.16. The van der Waals surface area contributed by atoms with Crippen LogP contribution in [-0.2, 0) is 12.8 Å². The lowest BCUT2D eigenvalue weighted by Crippen LogP contribution is -2.35. The number of rotatable bonds is 4. The fourth-order valence-electron chi connectivity index (χ4n) is 3.78. The van der Waals surface area contributed by atoms with Crippen molar-refractivity contribution >= 4 is 5.82 Å². The van der Waals surface area contributed by atoms with Crippen molar-refractivity contribution < 1.29 is 4.42 Å². The molecule has 1 fully saturated rings. The third-order valence-corrected chi connectivity index (χ3v) is 5.22. The monoisotopic (exact) mass is 348 g/mol. The van der Waals surface area contributed by atoms with E-state index in [0.29, 0.717) is 17.9 Å². The van der Waals surface area contributed by atoms with Crippen molar-refractivity contribution in [3.05, 3.63) is 47.6 Å². The van der Waals surface area contributed by atoms with E-state index in [1.807, 2.05) is 25.3 Å². The Morgan fingerprint density at radius 2 is 2.08 bits per heavy atom. The molecule has 0 saturated heterocycles. The Morgan fingerprint density at radius 1 is 1.15 bits per heavy atom. The van der Waals surface area contributed by atoms with Gasteiger partial charge in [0.25, 0.3) is 0 Å². The first-order valence-corrected chi connectivity index (χ1v) is 9.13. The maximum Gasteiger partial charge on any atom is 0.219 e. The minimum absolute atomic E-state index is 0.348. The smallest absolute Gasteiger partial charge is 0.219 e. The molecule has 26 heavy (non-hydrogen) atoms. The third-order valence-electron chi connectivity index (χ3n) is 5.22. The molecule has 3 aromatic rings. The average Bonchev–Trinajstić information content (AvgIpc) is 3.27. The number of hydrogen-bond donors (Lipinski definition) is 1. The molecule has 0 amide bonds. The van der Waals surface area contributed by atoms with Gasteiger partial charge in [-0.25, -0.2) is 9.97 Å². The summed E-state index contributed by atoms with van der Waals surface area (Å²) < 4.78 is 5.55. The SMILES string of the molecule is Cc1nnc(C2CC(Nc3nc(-c4cccnc4)nc4c3CCC4)C2)o1. The van der Waals surface area contributed by atoms with Crippen LogP contribution in [0.15, 0.2) is 28.9 Å². The molecule has 132 valence electrons. The Balaban J connectivity index is 1.37. The highest BCUT2D eigenvalue weighted by Crippen LogP contribution is 2.39. The lowest BCUT2D eigenvalue weighted by atomic mass is 9.80. The predicted molar refractivity (Wildman–Crippen MR) is 95.7 cm³/mol. The highest BCUT2D eigenvalue weighted by Gasteiger charge is 2.35. The van der Waals surface area contributed by atoms with E-state index in [1.165, 1.54) is 11.3 Å². The molecule has 7 heteroatoms. The van der Waals surface area contributed by atoms with Gasteiger partial charge in [0.1, 0.15) is 5.82 Å². The van der Waals surface area contributed by atoms with Gasteiger partial charge in [0.15, 0.2) is 5.82 Å². The zero-order chi connectivity index (χ0) is 17.5. The highest BCUT2D eigenvalue weighted by molar-refractivity contribution is 5.60. The lowest BCUT2D eigenvalue weighted by Gasteiger charge is -2.34. The van der Waals surface area contributed by atoms with Crippen LogP contribution in [0.25, 0.3) is 11.4 Å². The highest BCUT2D eigenvalue weighted by atomic mass is 16.4. The molecular weight excluding hydrogens is 328 g/mol. The van der Waals surface area contributed by atoms with E-state index in [1.54, 1.807) is 6.20 Å². The van der Waals surface area contributed by atoms with E-state index in [-0.39, 0.29) is 0 Å². The van der Waals surface area contributed by atoms with Crippen LogP contribution >= 0.6 is 0 Å². The van der Waals surface area contributed by atoms with Crippen molar-refractivity contribution in [3.63, 3.8) is 0 Å². The number of anilines is 1. The van der Waals surface area contributed by atoms with Gasteiger partial charge in [-0.2, -0.15) is 0 Å². The van der Waals surface area contributed by atoms with Gasteiger partial charge in [0.2, 0.25) is 11.8 Å². The third kappa shape index (κ3) is 2.73. The molecule has 0 aromatic carbocycles. The molecule has 0 atom stereocenters. The minimum Gasteiger partial charge on any atom is -0.425 e. The predicted octanol–water partition coefficient (Wildman–Crippen LogP) is 3.08. The molecule has 1 N–H and O–H groups in total. The average molecular weight is 348 g/mol. The van der Waals surface area contributed by atoms with E-state index in [4.69, 9.17) is 14.4 Å². The Labute approximate surface area is 151 Å². The summed E-state index contributed by atoms with van der Waals surface area (Å²) in [6.07, 6.45) is 8.77. The fraction of sp³-hybridized carbons (Fsp3) is 0.421. The summed E-state index contributed by atoms with van der Waals surface area (Å²) in [5, 5.41) is 11.7. The summed E-state index contributed by atoms with van der Waals surface area (Å²) in [4.78, 5) is 13.8. The summed E-state index contributed by atoms with van der Waals surface area (Å²) in [7, 11) is 0. The summed E-state index contributed by atoms with van der Waals surface area (Å²) in [6, 6.07) is 4.31. The molecule has 1 saturated carbocycles. The topological polar surface area (TPSA) is 89.6 Å². The number of aromatic nitrogens is 5. The summed E-state index contributed by atoms with van der Waals surface area (Å²) in [5.41, 5.74) is 3.40. The zero-order valence-corrected chi connectivity index (χ0v) is 14.6. The first kappa shape index (κ1) is 15.4. The molecule has 0 aliphatic heterocycles. The van der Waals surface area contributed by atoms with Crippen LogP contribution in [-0.4, -0.2) is 31.2 Å². The minimum atomic E-state index is 0.348. The summed E-state index contributed by atoms with van der Waals surface area (Å²) in [6.45, 7) is 1.83. The normalized spacial score (nSPS) is 21.3. The van der Waals surface area contributed by atoms with Gasteiger partial charge in [-0.1, -0.05) is 0 Å². The molecule has 0 unspecified atom stereocenters. The van der Waals surface area contributed by atoms with Crippen LogP contribution in [0.1, 0.15) is 48.2 Å². The van der Waals surface area contributed by atoms with Gasteiger partial charge in [-0.05, 0) is 44.2 Å². The Morgan fingerprint density at radius 3 is 2.85 bits per heavy atom. The van der Waals surface area contributed by atoms with E-state index >= 15 is 0 Å². The maximum atomic E-state index is 5.55. The standard InChI is InChI=1S/C19H20N6O/c1-11-24-25-19(26-11)13-8-14(9-13)21-18-15-5-2-6-16(15)22-17(23-18)12-4-3-7-20-10-12/h3-4,7,10,13-14H,2,5-6,8-9H2,1H3,(H,21,22,23). The van der Waals surface area contributed by atoms with Crippen molar-refractivity contribution in [2.45, 2.75) is 51.0 Å². The summed E-state index contributed by atoms with van der Waals surface area (Å²) in [5.74, 6) is 3.47. The van der Waals surface area contributed by atoms with Gasteiger partial charge in [0.05, 0.1) is 0 Å². The maximum absolute atomic E-state index is 5.55. The Kier molecular flexibility index (Phi) is 3.65. The largest absolute Gasteiger partial charge is 0.425 e. The number of fused-ring (bicyclic) bond motifs is 1. The van der Waals surface area contributed by atoms with Crippen molar-refractivity contribution in [2.24, 2.45) is 0 Å². The van der Waals surface area contributed by atoms with Crippen LogP contribution in [0.3, 0.4) is 0 Å². The second-order valence-corrected chi connectivity index (χ2v) is 7.09. The number of pyridine rings is 1. The van der Waals surface area contributed by atoms with Crippen LogP contribution in [0.2, 0.25) is 0 Å². The van der Waals surface area contributed by atoms with E-state index < -0.39 is 0 Å². The lowest BCUT2D eigenvalue weighted by molar-refractivity contribution is 0.303. The number of aryl methyl sites for hydroxylation is 2. The molecule has 7 nitrogen and oxygen atoms in total. The van der Waals surface area contributed by atoms with Crippen molar-refractivity contribution in [1.82, 2.24) is 25.1 Å². The first-order valence-electron chi connectivity index (χ1n) is 9.13. The molecule has 3 aromatic heterocycles. The van der Waals surface area contributed by atoms with E-state index in [2.05, 4.69) is 20.5 Å². The number of nitrogens with zero attached hydrogens (tertiary/aromatic N) is 5. The van der Waals surface area contributed by atoms with E-state index in [9.17, 15) is 0 Å². The van der Waals surface area contributed by atoms with Gasteiger partial charge in [-0.3, -0.25) is 4.98 Å². The van der Waals surface area contributed by atoms with Gasteiger partial charge < -0.3 is 9.73 Å². The first-order chi connectivity index (χ1) is 12.8. The van der Waals surface area contributed by atoms with Gasteiger partial charge in [0, 0.05) is 48.1 Å². The second-order valence-electron chi connectivity index (χ2n) is 7.09. The number of nitrogens with one attached hydrogen (secondary N) is 1. The number of hydrogen-bond acceptors (Lipinski definition) is 7.